The number of hydrogen-bond donors (Lipinski definition) is 1. The number of aliphatic hydroxyl groups excluding tert-OH is 1. The summed E-state index contributed by atoms with van der Waals surface area (Å²) in [5.41, 5.74) is 2.40. The Morgan fingerprint density at radius 3 is 2.93 bits per heavy atom. The minimum Gasteiger partial charge on any atom is -0.396 e. The Bertz CT molecular complexity index is 476. The molecule has 2 rings (SSSR count). The molecule has 2 aromatic rings. The van der Waals surface area contributed by atoms with Gasteiger partial charge in [-0.1, -0.05) is 17.7 Å². The average molecular weight is 224 g/mol. The van der Waals surface area contributed by atoms with Crippen LogP contribution in [-0.2, 0) is 6.54 Å². The van der Waals surface area contributed by atoms with Crippen LogP contribution in [0.2, 0.25) is 5.02 Å². The fraction of sp³-hybridized carbons (Fsp3) is 0.333. The van der Waals surface area contributed by atoms with Crippen molar-refractivity contribution in [1.82, 2.24) is 4.57 Å². The number of fused-ring (bicyclic) bond motifs is 1. The molecule has 0 unspecified atom stereocenters. The normalized spacial score (nSPS) is 11.1. The molecule has 1 heterocycles. The van der Waals surface area contributed by atoms with E-state index >= 15 is 0 Å². The van der Waals surface area contributed by atoms with E-state index in [-0.39, 0.29) is 6.61 Å². The van der Waals surface area contributed by atoms with E-state index in [0.717, 1.165) is 23.5 Å². The number of halogens is 1. The van der Waals surface area contributed by atoms with Gasteiger partial charge in [-0.2, -0.15) is 0 Å². The molecule has 1 aromatic carbocycles. The zero-order chi connectivity index (χ0) is 10.8. The summed E-state index contributed by atoms with van der Waals surface area (Å²) in [6.45, 7) is 3.14. The van der Waals surface area contributed by atoms with Crippen molar-refractivity contribution in [3.05, 3.63) is 35.0 Å². The largest absolute Gasteiger partial charge is 0.396 e. The molecule has 0 spiro atoms. The van der Waals surface area contributed by atoms with Crippen LogP contribution in [0.4, 0.5) is 0 Å². The molecule has 0 saturated carbocycles. The molecule has 80 valence electrons. The topological polar surface area (TPSA) is 25.2 Å². The van der Waals surface area contributed by atoms with Crippen LogP contribution in [0.25, 0.3) is 10.9 Å². The summed E-state index contributed by atoms with van der Waals surface area (Å²) in [6.07, 6.45) is 2.88. The highest BCUT2D eigenvalue weighted by atomic mass is 35.5. The Hall–Kier alpha value is -0.990. The smallest absolute Gasteiger partial charge is 0.0497 e. The lowest BCUT2D eigenvalue weighted by molar-refractivity contribution is 0.280. The van der Waals surface area contributed by atoms with Crippen LogP contribution in [0.1, 0.15) is 12.0 Å². The molecule has 1 N–H and O–H groups in total. The highest BCUT2D eigenvalue weighted by molar-refractivity contribution is 6.31. The van der Waals surface area contributed by atoms with Gasteiger partial charge in [0.1, 0.15) is 0 Å². The van der Waals surface area contributed by atoms with Gasteiger partial charge in [-0.05, 0) is 31.0 Å². The van der Waals surface area contributed by atoms with Crippen molar-refractivity contribution in [3.63, 3.8) is 0 Å². The van der Waals surface area contributed by atoms with Crippen LogP contribution in [0.15, 0.2) is 24.4 Å². The van der Waals surface area contributed by atoms with Gasteiger partial charge in [0.25, 0.3) is 0 Å². The summed E-state index contributed by atoms with van der Waals surface area (Å²) >= 11 is 5.97. The summed E-state index contributed by atoms with van der Waals surface area (Å²) in [5.74, 6) is 0. The number of hydrogen-bond acceptors (Lipinski definition) is 1. The van der Waals surface area contributed by atoms with Crippen LogP contribution in [0.5, 0.6) is 0 Å². The number of aryl methyl sites for hydroxylation is 2. The van der Waals surface area contributed by atoms with Gasteiger partial charge in [0, 0.05) is 35.3 Å². The van der Waals surface area contributed by atoms with Gasteiger partial charge >= 0.3 is 0 Å². The van der Waals surface area contributed by atoms with Gasteiger partial charge in [-0.15, -0.1) is 0 Å². The van der Waals surface area contributed by atoms with E-state index in [1.165, 1.54) is 10.9 Å². The van der Waals surface area contributed by atoms with Gasteiger partial charge in [0.15, 0.2) is 0 Å². The molecule has 2 nitrogen and oxygen atoms in total. The lowest BCUT2D eigenvalue weighted by atomic mass is 10.2. The Kier molecular flexibility index (Phi) is 2.98. The first-order valence-electron chi connectivity index (χ1n) is 5.08. The number of aliphatic hydroxyl groups is 1. The Labute approximate surface area is 94.1 Å². The lowest BCUT2D eigenvalue weighted by Gasteiger charge is -2.03. The Balaban J connectivity index is 2.49. The van der Waals surface area contributed by atoms with Gasteiger partial charge in [-0.3, -0.25) is 0 Å². The van der Waals surface area contributed by atoms with Gasteiger partial charge in [0.2, 0.25) is 0 Å². The molecule has 0 radical (unpaired) electrons. The first-order chi connectivity index (χ1) is 7.22. The van der Waals surface area contributed by atoms with Crippen LogP contribution < -0.4 is 0 Å². The van der Waals surface area contributed by atoms with E-state index in [1.54, 1.807) is 0 Å². The summed E-state index contributed by atoms with van der Waals surface area (Å²) in [4.78, 5) is 0. The zero-order valence-corrected chi connectivity index (χ0v) is 9.46. The second-order valence-corrected chi connectivity index (χ2v) is 4.18. The average Bonchev–Trinajstić information content (AvgIpc) is 2.52. The molecule has 0 bridgehead atoms. The second-order valence-electron chi connectivity index (χ2n) is 3.74. The monoisotopic (exact) mass is 223 g/mol. The number of nitrogens with zero attached hydrogens (tertiary/aromatic N) is 1. The molecular weight excluding hydrogens is 210 g/mol. The molecule has 0 aliphatic heterocycles. The molecule has 0 aliphatic carbocycles. The maximum atomic E-state index is 8.82. The van der Waals surface area contributed by atoms with Crippen LogP contribution in [0.3, 0.4) is 0 Å². The molecule has 0 atom stereocenters. The van der Waals surface area contributed by atoms with E-state index in [0.29, 0.717) is 0 Å². The van der Waals surface area contributed by atoms with Crippen molar-refractivity contribution in [3.8, 4) is 0 Å². The van der Waals surface area contributed by atoms with Crippen molar-refractivity contribution in [1.29, 1.82) is 0 Å². The van der Waals surface area contributed by atoms with Crippen molar-refractivity contribution in [2.45, 2.75) is 19.9 Å². The van der Waals surface area contributed by atoms with E-state index in [2.05, 4.69) is 17.7 Å². The molecule has 0 aliphatic rings. The van der Waals surface area contributed by atoms with Gasteiger partial charge in [-0.25, -0.2) is 0 Å². The number of rotatable bonds is 3. The van der Waals surface area contributed by atoms with E-state index in [9.17, 15) is 0 Å². The van der Waals surface area contributed by atoms with Crippen molar-refractivity contribution in [2.24, 2.45) is 0 Å². The molecule has 0 saturated heterocycles. The number of benzene rings is 1. The summed E-state index contributed by atoms with van der Waals surface area (Å²) in [6, 6.07) is 5.93. The molecule has 15 heavy (non-hydrogen) atoms. The fourth-order valence-corrected chi connectivity index (χ4v) is 2.04. The van der Waals surface area contributed by atoms with E-state index < -0.39 is 0 Å². The predicted octanol–water partition coefficient (Wildman–Crippen LogP) is 2.99. The van der Waals surface area contributed by atoms with Crippen molar-refractivity contribution in [2.75, 3.05) is 6.61 Å². The SMILES string of the molecule is Cc1cn(CCCO)c2cc(Cl)ccc12. The summed E-state index contributed by atoms with van der Waals surface area (Å²) in [7, 11) is 0. The standard InChI is InChI=1S/C12H14ClNO/c1-9-8-14(5-2-6-15)12-7-10(13)3-4-11(9)12/h3-4,7-8,15H,2,5-6H2,1H3. The van der Waals surface area contributed by atoms with Crippen LogP contribution in [0, 0.1) is 6.92 Å². The van der Waals surface area contributed by atoms with Gasteiger partial charge in [0.05, 0.1) is 0 Å². The minimum atomic E-state index is 0.222. The zero-order valence-electron chi connectivity index (χ0n) is 8.70. The van der Waals surface area contributed by atoms with Crippen LogP contribution in [-0.4, -0.2) is 16.3 Å². The molecular formula is C12H14ClNO. The Morgan fingerprint density at radius 2 is 2.20 bits per heavy atom. The van der Waals surface area contributed by atoms with E-state index in [1.807, 2.05) is 18.2 Å². The molecule has 3 heteroatoms. The maximum absolute atomic E-state index is 8.82. The number of aromatic nitrogens is 1. The third-order valence-electron chi connectivity index (χ3n) is 2.60. The van der Waals surface area contributed by atoms with Crippen LogP contribution >= 0.6 is 11.6 Å². The second kappa shape index (κ2) is 4.25. The summed E-state index contributed by atoms with van der Waals surface area (Å²) < 4.78 is 2.15. The van der Waals surface area contributed by atoms with E-state index in [4.69, 9.17) is 16.7 Å². The lowest BCUT2D eigenvalue weighted by Crippen LogP contribution is -1.98. The van der Waals surface area contributed by atoms with Crippen molar-refractivity contribution < 1.29 is 5.11 Å². The minimum absolute atomic E-state index is 0.222. The first kappa shape index (κ1) is 10.5. The maximum Gasteiger partial charge on any atom is 0.0497 e. The first-order valence-corrected chi connectivity index (χ1v) is 5.46. The third-order valence-corrected chi connectivity index (χ3v) is 2.84. The molecule has 0 fully saturated rings. The molecule has 0 amide bonds. The highest BCUT2D eigenvalue weighted by Gasteiger charge is 2.05. The van der Waals surface area contributed by atoms with Gasteiger partial charge < -0.3 is 9.67 Å². The quantitative estimate of drug-likeness (QED) is 0.851. The highest BCUT2D eigenvalue weighted by Crippen LogP contribution is 2.24. The Morgan fingerprint density at radius 1 is 1.40 bits per heavy atom. The fourth-order valence-electron chi connectivity index (χ4n) is 1.87. The van der Waals surface area contributed by atoms with Crippen molar-refractivity contribution >= 4 is 22.5 Å². The predicted molar refractivity (Wildman–Crippen MR) is 63.4 cm³/mol. The summed E-state index contributed by atoms with van der Waals surface area (Å²) in [5, 5.41) is 10.8. The third kappa shape index (κ3) is 2.01. The molecule has 1 aromatic heterocycles.